The summed E-state index contributed by atoms with van der Waals surface area (Å²) in [7, 11) is 2.02. The predicted octanol–water partition coefficient (Wildman–Crippen LogP) is 5.25. The second kappa shape index (κ2) is 8.01. The van der Waals surface area contributed by atoms with E-state index in [1.807, 2.05) is 43.4 Å². The number of pyridine rings is 2. The number of halogens is 2. The molecule has 3 heterocycles. The van der Waals surface area contributed by atoms with Crippen LogP contribution in [-0.2, 0) is 6.67 Å². The van der Waals surface area contributed by atoms with Crippen molar-refractivity contribution in [3.05, 3.63) is 93.1 Å². The molecule has 142 valence electrons. The number of benzene rings is 1. The molecule has 0 aliphatic rings. The summed E-state index contributed by atoms with van der Waals surface area (Å²) in [6.45, 7) is 0.463. The van der Waals surface area contributed by atoms with Gasteiger partial charge in [0.25, 0.3) is 0 Å². The fourth-order valence-corrected chi connectivity index (χ4v) is 4.00. The Hall–Kier alpha value is -2.25. The Labute approximate surface area is 177 Å². The highest BCUT2D eigenvalue weighted by molar-refractivity contribution is 7.71. The van der Waals surface area contributed by atoms with Gasteiger partial charge in [0.15, 0.2) is 5.65 Å². The van der Waals surface area contributed by atoms with Gasteiger partial charge in [-0.15, -0.1) is 5.10 Å². The van der Waals surface area contributed by atoms with Crippen molar-refractivity contribution in [2.45, 2.75) is 12.7 Å². The van der Waals surface area contributed by atoms with Crippen molar-refractivity contribution in [1.29, 1.82) is 0 Å². The van der Waals surface area contributed by atoms with Crippen LogP contribution in [0.1, 0.15) is 17.3 Å². The maximum absolute atomic E-state index is 6.29. The summed E-state index contributed by atoms with van der Waals surface area (Å²) in [5, 5.41) is 5.56. The molecule has 0 spiro atoms. The Morgan fingerprint density at radius 2 is 1.86 bits per heavy atom. The largest absolute Gasteiger partial charge is 0.275 e. The van der Waals surface area contributed by atoms with Gasteiger partial charge in [-0.3, -0.25) is 14.3 Å². The minimum atomic E-state index is -0.0480. The number of fused-ring (bicyclic) bond motifs is 1. The van der Waals surface area contributed by atoms with Crippen LogP contribution in [0.2, 0.25) is 10.0 Å². The second-order valence-corrected chi connectivity index (χ2v) is 7.66. The van der Waals surface area contributed by atoms with E-state index in [0.29, 0.717) is 27.1 Å². The zero-order chi connectivity index (χ0) is 19.7. The van der Waals surface area contributed by atoms with E-state index < -0.39 is 0 Å². The first kappa shape index (κ1) is 19.1. The van der Waals surface area contributed by atoms with Gasteiger partial charge in [-0.2, -0.15) is 0 Å². The fourth-order valence-electron chi connectivity index (χ4n) is 3.25. The van der Waals surface area contributed by atoms with E-state index in [2.05, 4.69) is 27.1 Å². The van der Waals surface area contributed by atoms with Crippen LogP contribution in [0.15, 0.2) is 67.0 Å². The lowest BCUT2D eigenvalue weighted by Crippen LogP contribution is -2.29. The third-order valence-corrected chi connectivity index (χ3v) is 5.37. The zero-order valence-corrected chi connectivity index (χ0v) is 17.4. The summed E-state index contributed by atoms with van der Waals surface area (Å²) in [6.07, 6.45) is 3.53. The third-order valence-electron chi connectivity index (χ3n) is 4.48. The van der Waals surface area contributed by atoms with Gasteiger partial charge in [-0.05, 0) is 43.0 Å². The number of nitrogens with zero attached hydrogens (tertiary/aromatic N) is 5. The SMILES string of the molecule is CN(Cn1nc2c(Cl)cc(Cl)cn2c1=S)[C@H](c1ccccc1)c1ccccn1. The van der Waals surface area contributed by atoms with Crippen LogP contribution in [0, 0.1) is 4.77 Å². The van der Waals surface area contributed by atoms with Crippen LogP contribution < -0.4 is 0 Å². The first-order chi connectivity index (χ1) is 13.5. The van der Waals surface area contributed by atoms with E-state index >= 15 is 0 Å². The van der Waals surface area contributed by atoms with E-state index in [9.17, 15) is 0 Å². The number of rotatable bonds is 5. The number of aromatic nitrogens is 4. The summed E-state index contributed by atoms with van der Waals surface area (Å²) >= 11 is 18.0. The Kier molecular flexibility index (Phi) is 5.46. The minimum absolute atomic E-state index is 0.0480. The Balaban J connectivity index is 1.74. The highest BCUT2D eigenvalue weighted by atomic mass is 35.5. The van der Waals surface area contributed by atoms with Crippen LogP contribution >= 0.6 is 35.4 Å². The van der Waals surface area contributed by atoms with Gasteiger partial charge in [0.1, 0.15) is 0 Å². The van der Waals surface area contributed by atoms with Gasteiger partial charge >= 0.3 is 0 Å². The van der Waals surface area contributed by atoms with Crippen molar-refractivity contribution < 1.29 is 0 Å². The Morgan fingerprint density at radius 3 is 2.57 bits per heavy atom. The fraction of sp³-hybridized carbons (Fsp3) is 0.150. The molecule has 4 aromatic rings. The molecule has 0 N–H and O–H groups in total. The van der Waals surface area contributed by atoms with Gasteiger partial charge in [-0.25, -0.2) is 4.68 Å². The van der Waals surface area contributed by atoms with Crippen LogP contribution in [0.3, 0.4) is 0 Å². The molecule has 0 amide bonds. The lowest BCUT2D eigenvalue weighted by molar-refractivity contribution is 0.205. The lowest BCUT2D eigenvalue weighted by atomic mass is 10.0. The van der Waals surface area contributed by atoms with Crippen LogP contribution in [0.4, 0.5) is 0 Å². The molecule has 0 radical (unpaired) electrons. The zero-order valence-electron chi connectivity index (χ0n) is 15.0. The molecule has 0 saturated carbocycles. The molecule has 5 nitrogen and oxygen atoms in total. The monoisotopic (exact) mass is 429 g/mol. The molecule has 8 heteroatoms. The van der Waals surface area contributed by atoms with E-state index in [0.717, 1.165) is 11.3 Å². The van der Waals surface area contributed by atoms with Crippen molar-refractivity contribution >= 4 is 41.1 Å². The molecular weight excluding hydrogens is 413 g/mol. The molecule has 0 saturated heterocycles. The topological polar surface area (TPSA) is 38.4 Å². The maximum Gasteiger partial charge on any atom is 0.203 e. The molecule has 0 bridgehead atoms. The minimum Gasteiger partial charge on any atom is -0.275 e. The van der Waals surface area contributed by atoms with Crippen molar-refractivity contribution in [3.8, 4) is 0 Å². The van der Waals surface area contributed by atoms with Crippen LogP contribution in [0.5, 0.6) is 0 Å². The number of hydrogen-bond donors (Lipinski definition) is 0. The van der Waals surface area contributed by atoms with Crippen LogP contribution in [-0.4, -0.2) is 31.1 Å². The van der Waals surface area contributed by atoms with Crippen molar-refractivity contribution in [1.82, 2.24) is 24.1 Å². The Bertz CT molecular complexity index is 1120. The summed E-state index contributed by atoms with van der Waals surface area (Å²) in [4.78, 5) is 6.72. The molecule has 4 rings (SSSR count). The van der Waals surface area contributed by atoms with Gasteiger partial charge in [0, 0.05) is 12.4 Å². The second-order valence-electron chi connectivity index (χ2n) is 6.45. The molecule has 3 aromatic heterocycles. The maximum atomic E-state index is 6.29. The predicted molar refractivity (Wildman–Crippen MR) is 114 cm³/mol. The van der Waals surface area contributed by atoms with Crippen molar-refractivity contribution in [2.24, 2.45) is 0 Å². The molecular formula is C20H17Cl2N5S. The molecule has 0 unspecified atom stereocenters. The highest BCUT2D eigenvalue weighted by Gasteiger charge is 2.21. The standard InChI is InChI=1S/C20H17Cl2N5S/c1-25(13-27-20(28)26-12-15(21)11-16(22)19(26)24-27)18(14-7-3-2-4-8-14)17-9-5-6-10-23-17/h2-12,18H,13H2,1H3/t18-/m1/s1. The highest BCUT2D eigenvalue weighted by Crippen LogP contribution is 2.27. The molecule has 1 atom stereocenters. The van der Waals surface area contributed by atoms with Crippen molar-refractivity contribution in [3.63, 3.8) is 0 Å². The van der Waals surface area contributed by atoms with E-state index in [1.54, 1.807) is 27.5 Å². The smallest absolute Gasteiger partial charge is 0.203 e. The third kappa shape index (κ3) is 3.69. The van der Waals surface area contributed by atoms with E-state index in [1.165, 1.54) is 0 Å². The number of hydrogen-bond acceptors (Lipinski definition) is 4. The molecule has 0 aliphatic heterocycles. The summed E-state index contributed by atoms with van der Waals surface area (Å²) in [6, 6.07) is 17.8. The summed E-state index contributed by atoms with van der Waals surface area (Å²) < 4.78 is 4.00. The first-order valence-electron chi connectivity index (χ1n) is 8.65. The first-order valence-corrected chi connectivity index (χ1v) is 9.81. The van der Waals surface area contributed by atoms with Gasteiger partial charge < -0.3 is 0 Å². The summed E-state index contributed by atoms with van der Waals surface area (Å²) in [5.41, 5.74) is 2.67. The molecule has 28 heavy (non-hydrogen) atoms. The van der Waals surface area contributed by atoms with E-state index in [4.69, 9.17) is 35.4 Å². The van der Waals surface area contributed by atoms with Gasteiger partial charge in [0.05, 0.1) is 28.4 Å². The molecule has 0 aliphatic carbocycles. The lowest BCUT2D eigenvalue weighted by Gasteiger charge is -2.27. The average Bonchev–Trinajstić information content (AvgIpc) is 3.00. The molecule has 0 fully saturated rings. The summed E-state index contributed by atoms with van der Waals surface area (Å²) in [5.74, 6) is 0. The quantitative estimate of drug-likeness (QED) is 0.406. The average molecular weight is 430 g/mol. The molecule has 1 aromatic carbocycles. The van der Waals surface area contributed by atoms with Gasteiger partial charge in [-0.1, -0.05) is 59.6 Å². The van der Waals surface area contributed by atoms with E-state index in [-0.39, 0.29) is 6.04 Å². The van der Waals surface area contributed by atoms with Gasteiger partial charge in [0.2, 0.25) is 4.77 Å². The normalized spacial score (nSPS) is 12.6. The van der Waals surface area contributed by atoms with Crippen molar-refractivity contribution in [2.75, 3.05) is 7.05 Å². The Morgan fingerprint density at radius 1 is 1.11 bits per heavy atom. The van der Waals surface area contributed by atoms with Crippen LogP contribution in [0.25, 0.3) is 5.65 Å².